The Kier molecular flexibility index (Phi) is 20.0. The van der Waals surface area contributed by atoms with E-state index in [0.29, 0.717) is 51.6 Å². The van der Waals surface area contributed by atoms with Gasteiger partial charge in [-0.15, -0.1) is 0 Å². The summed E-state index contributed by atoms with van der Waals surface area (Å²) in [5, 5.41) is 52.9. The zero-order valence-corrected chi connectivity index (χ0v) is 69.1. The number of aliphatic hydroxyl groups excluding tert-OH is 1. The van der Waals surface area contributed by atoms with Crippen molar-refractivity contribution in [2.24, 2.45) is 22.7 Å². The number of hydrogen-bond acceptors (Lipinski definition) is 19. The van der Waals surface area contributed by atoms with E-state index in [4.69, 9.17) is 23.7 Å². The average molecular weight is 1550 g/mol. The van der Waals surface area contributed by atoms with E-state index < -0.39 is 97.6 Å². The van der Waals surface area contributed by atoms with Gasteiger partial charge < -0.3 is 63.9 Å². The molecule has 12 aliphatic rings. The topological polar surface area (TPSA) is 246 Å². The molecule has 2 aliphatic carbocycles. The van der Waals surface area contributed by atoms with Gasteiger partial charge in [-0.25, -0.2) is 9.59 Å². The lowest BCUT2D eigenvalue weighted by molar-refractivity contribution is -0.229. The number of ether oxygens (including phenoxy) is 5. The first-order chi connectivity index (χ1) is 54.2. The van der Waals surface area contributed by atoms with Crippen molar-refractivity contribution in [1.29, 1.82) is 0 Å². The Hall–Kier alpha value is -7.70. The molecule has 18 rings (SSSR count). The molecule has 606 valence electrons. The Bertz CT molecular complexity index is 4870. The van der Waals surface area contributed by atoms with Gasteiger partial charge >= 0.3 is 23.9 Å². The summed E-state index contributed by atoms with van der Waals surface area (Å²) in [4.78, 5) is 76.4. The first kappa shape index (κ1) is 79.2. The number of likely N-dealkylation sites (N-methyl/N-ethyl adjacent to an activating group) is 2. The highest BCUT2D eigenvalue weighted by molar-refractivity contribution is 5.90. The van der Waals surface area contributed by atoms with Crippen LogP contribution in [0.3, 0.4) is 0 Å². The summed E-state index contributed by atoms with van der Waals surface area (Å²) in [6, 6.07) is 24.2. The third kappa shape index (κ3) is 11.0. The van der Waals surface area contributed by atoms with E-state index in [0.717, 1.165) is 157 Å². The van der Waals surface area contributed by atoms with Crippen LogP contribution in [0.15, 0.2) is 109 Å². The molecule has 0 radical (unpaired) electrons. The van der Waals surface area contributed by atoms with Crippen molar-refractivity contribution in [3.63, 3.8) is 0 Å². The predicted octanol–water partition coefficient (Wildman–Crippen LogP) is 10.7. The van der Waals surface area contributed by atoms with Gasteiger partial charge in [-0.1, -0.05) is 120 Å². The first-order valence-electron chi connectivity index (χ1n) is 42.0. The summed E-state index contributed by atoms with van der Waals surface area (Å²) in [6.45, 7) is 27.5. The van der Waals surface area contributed by atoms with Crippen LogP contribution in [0.5, 0.6) is 0 Å². The number of nitrogens with one attached hydrogen (secondary N) is 2. The largest absolute Gasteiger partial charge is 0.467 e. The number of carbonyl (C=O) groups is 4. The van der Waals surface area contributed by atoms with Crippen molar-refractivity contribution in [2.45, 2.75) is 215 Å². The average Bonchev–Trinajstić information content (AvgIpc) is 1.50. The summed E-state index contributed by atoms with van der Waals surface area (Å²) in [5.41, 5.74) is 6.40. The van der Waals surface area contributed by atoms with Crippen LogP contribution in [0.2, 0.25) is 0 Å². The van der Waals surface area contributed by atoms with Gasteiger partial charge in [0.25, 0.3) is 0 Å². The summed E-state index contributed by atoms with van der Waals surface area (Å²) in [7, 11) is 8.38. The zero-order chi connectivity index (χ0) is 80.2. The molecule has 4 bridgehead atoms. The van der Waals surface area contributed by atoms with Crippen molar-refractivity contribution in [2.75, 3.05) is 117 Å². The maximum atomic E-state index is 14.3. The summed E-state index contributed by atoms with van der Waals surface area (Å²) >= 11 is 0. The Balaban J connectivity index is 0.000000167. The molecule has 2 aromatic heterocycles. The highest BCUT2D eigenvalue weighted by atomic mass is 16.6. The van der Waals surface area contributed by atoms with E-state index >= 15 is 0 Å². The van der Waals surface area contributed by atoms with Crippen LogP contribution in [-0.2, 0) is 77.6 Å². The molecule has 19 atom stereocenters. The number of fused-ring (bicyclic) bond motifs is 12. The van der Waals surface area contributed by atoms with Crippen molar-refractivity contribution >= 4 is 57.1 Å². The van der Waals surface area contributed by atoms with E-state index in [2.05, 4.69) is 173 Å². The maximum Gasteiger partial charge on any atom is 0.344 e. The highest BCUT2D eigenvalue weighted by Crippen LogP contribution is 2.70. The number of piperidine rings is 1. The Morgan fingerprint density at radius 2 is 1.08 bits per heavy atom. The lowest BCUT2D eigenvalue weighted by Crippen LogP contribution is -2.81. The number of hydrogen-bond donors (Lipinski definition) is 6. The number of rotatable bonds is 12. The minimum absolute atomic E-state index is 0.112. The van der Waals surface area contributed by atoms with E-state index in [-0.39, 0.29) is 30.5 Å². The minimum atomic E-state index is -2.21. The van der Waals surface area contributed by atoms with Gasteiger partial charge in [0.1, 0.15) is 5.60 Å². The Morgan fingerprint density at radius 3 is 1.57 bits per heavy atom. The van der Waals surface area contributed by atoms with Crippen LogP contribution < -0.4 is 9.80 Å². The maximum absolute atomic E-state index is 14.3. The van der Waals surface area contributed by atoms with Gasteiger partial charge in [0.05, 0.1) is 49.6 Å². The number of aromatic nitrogens is 2. The predicted molar refractivity (Wildman–Crippen MR) is 437 cm³/mol. The molecule has 21 heteroatoms. The highest BCUT2D eigenvalue weighted by Gasteiger charge is 2.82. The smallest absolute Gasteiger partial charge is 0.344 e. The third-order valence-electron chi connectivity index (χ3n) is 30.3. The van der Waals surface area contributed by atoms with Gasteiger partial charge in [0, 0.05) is 160 Å². The SMILES string of the molecule is CC.CCC1=C[C@@H]2CN(CCc3c([nH]c4ccccc34)[C@@](OC)(c3cc4c(cc3C)N(C)C3[C@]45CCN4CC=C[C@@](CC)([C@@H](OC(C)=O)[C@]3(O)C(=O)OC)[C@H]45)C2)C1.CC[C@]1(O)C[C@@H]2CN(CCc3c([nH]c4ccccc34)[C@@](CO)(c3cc4c(cc3C)N(C)C3[C@]45CCN4CC=C[C@@](CC)([C@@H](OC(C)=O)[C@]3(O)C(=O)OC)[C@H]45)C2)C1. The van der Waals surface area contributed by atoms with Crippen LogP contribution in [0.4, 0.5) is 11.4 Å². The molecule has 21 nitrogen and oxygen atoms in total. The van der Waals surface area contributed by atoms with Crippen LogP contribution >= 0.6 is 0 Å². The molecule has 6 N–H and O–H groups in total. The number of aromatic amines is 2. The van der Waals surface area contributed by atoms with Crippen LogP contribution in [0, 0.1) is 36.5 Å². The number of aryl methyl sites for hydroxylation is 2. The molecule has 10 aliphatic heterocycles. The fourth-order valence-corrected chi connectivity index (χ4v) is 26.4. The van der Waals surface area contributed by atoms with E-state index in [9.17, 15) is 39.6 Å². The Morgan fingerprint density at radius 1 is 0.584 bits per heavy atom. The number of esters is 4. The summed E-state index contributed by atoms with van der Waals surface area (Å²) in [5.74, 6) is -2.32. The number of nitrogens with zero attached hydrogens (tertiary/aromatic N) is 6. The summed E-state index contributed by atoms with van der Waals surface area (Å²) in [6.07, 6.45) is 16.5. The lowest BCUT2D eigenvalue weighted by Gasteiger charge is -2.63. The summed E-state index contributed by atoms with van der Waals surface area (Å²) < 4.78 is 30.4. The zero-order valence-electron chi connectivity index (χ0n) is 69.1. The monoisotopic (exact) mass is 1540 g/mol. The number of carbonyl (C=O) groups excluding carboxylic acids is 4. The van der Waals surface area contributed by atoms with Crippen molar-refractivity contribution < 1.29 is 63.3 Å². The van der Waals surface area contributed by atoms with Gasteiger partial charge in [0.2, 0.25) is 11.2 Å². The normalized spacial score (nSPS) is 36.8. The number of aliphatic hydroxyl groups is 4. The van der Waals surface area contributed by atoms with Gasteiger partial charge in [-0.05, 0) is 184 Å². The number of benzene rings is 4. The molecule has 4 unspecified atom stereocenters. The van der Waals surface area contributed by atoms with Crippen LogP contribution in [0.25, 0.3) is 21.8 Å². The van der Waals surface area contributed by atoms with E-state index in [1.54, 1.807) is 0 Å². The molecule has 12 heterocycles. The molecule has 5 fully saturated rings. The fourth-order valence-electron chi connectivity index (χ4n) is 26.4. The molecule has 2 saturated carbocycles. The quantitative estimate of drug-likeness (QED) is 0.0379. The number of para-hydroxylation sites is 2. The molecular formula is C92H120N8O13. The van der Waals surface area contributed by atoms with Crippen molar-refractivity contribution in [1.82, 2.24) is 29.6 Å². The lowest BCUT2D eigenvalue weighted by atomic mass is 9.47. The molecule has 113 heavy (non-hydrogen) atoms. The second kappa shape index (κ2) is 28.6. The molecule has 4 aromatic carbocycles. The van der Waals surface area contributed by atoms with Crippen molar-refractivity contribution in [3.8, 4) is 0 Å². The van der Waals surface area contributed by atoms with Gasteiger partial charge in [-0.2, -0.15) is 0 Å². The van der Waals surface area contributed by atoms with Gasteiger partial charge in [-0.3, -0.25) is 29.2 Å². The van der Waals surface area contributed by atoms with E-state index in [1.807, 2.05) is 46.0 Å². The van der Waals surface area contributed by atoms with E-state index in [1.165, 1.54) is 50.2 Å². The molecule has 3 saturated heterocycles. The third-order valence-corrected chi connectivity index (χ3v) is 30.3. The second-order valence-corrected chi connectivity index (χ2v) is 35.4. The second-order valence-electron chi connectivity index (χ2n) is 35.4. The first-order valence-corrected chi connectivity index (χ1v) is 42.0. The number of methoxy groups -OCH3 is 3. The molecule has 6 aromatic rings. The molecular weight excluding hydrogens is 1430 g/mol. The molecule has 2 spiro atoms. The van der Waals surface area contributed by atoms with Crippen LogP contribution in [0.1, 0.15) is 169 Å². The van der Waals surface area contributed by atoms with Crippen molar-refractivity contribution in [3.05, 3.63) is 165 Å². The number of H-pyrrole nitrogens is 2. The van der Waals surface area contributed by atoms with Gasteiger partial charge in [0.15, 0.2) is 12.2 Å². The number of anilines is 2. The standard InChI is InChI=1S/C45H58N4O7.C45H56N4O6.C2H6/c1-7-41(53)22-29-23-43(26-50,36-31(14-18-48(24-29)25-41)30-12-9-10-13-34(30)46-36)32-21-33-35(20-27(32)3)47(5)38-44(33)16-19-49-17-11-15-42(8-2,37(44)49)39(56-28(4)51)45(38,54)40(52)55-6;1-8-29-22-30-24-44(54-7,37-32(15-19-48(25-29)26-30)31-13-10-11-14-35(31)46-37)33-23-34-36(21-27(33)3)47(5)39-43(34)17-20-49-18-12-16-42(9-2,38(43)49)40(55-28(4)50)45(39,52)41(51)53-6;1-2/h9-13,15,20-21,29,37-39,46,50,53-54H,7-8,14,16-19,22-26H2,1-6H3;10-14,16,21-23,30,38-40,46,52H,8-9,15,17-20,24-26H2,1-7H3;1-2H3/t29-,37-,38?,39+,41-,42+,43-,44+,45-;30-,38-,39?,40+,42+,43+,44-,45-;/m00./s1. The fraction of sp³-hybridized carbons (Fsp3) is 0.587. The molecule has 0 amide bonds. The van der Waals surface area contributed by atoms with Crippen LogP contribution in [-0.4, -0.2) is 235 Å². The Labute approximate surface area is 666 Å². The minimum Gasteiger partial charge on any atom is -0.467 e.